The van der Waals surface area contributed by atoms with E-state index in [2.05, 4.69) is 30.4 Å². The second kappa shape index (κ2) is 7.10. The largest absolute Gasteiger partial charge is 0.461 e. The fraction of sp³-hybridized carbons (Fsp3) is 0.556. The average molecular weight is 287 g/mol. The molecule has 3 nitrogen and oxygen atoms in total. The molecule has 0 amide bonds. The van der Waals surface area contributed by atoms with Crippen LogP contribution in [0.5, 0.6) is 0 Å². The Hall–Kier alpha value is -1.32. The van der Waals surface area contributed by atoms with Gasteiger partial charge in [-0.2, -0.15) is 0 Å². The van der Waals surface area contributed by atoms with Crippen LogP contribution in [-0.2, 0) is 17.7 Å². The third-order valence-corrected chi connectivity index (χ3v) is 4.27. The molecule has 0 bridgehead atoms. The molecule has 1 N–H and O–H groups in total. The van der Waals surface area contributed by atoms with Gasteiger partial charge in [-0.25, -0.2) is 0 Å². The van der Waals surface area contributed by atoms with Crippen LogP contribution in [-0.4, -0.2) is 19.3 Å². The average Bonchev–Trinajstić information content (AvgIpc) is 2.89. The van der Waals surface area contributed by atoms with Crippen molar-refractivity contribution in [1.82, 2.24) is 5.32 Å². The second-order valence-corrected chi connectivity index (χ2v) is 5.90. The summed E-state index contributed by atoms with van der Waals surface area (Å²) in [5.74, 6) is 1.15. The van der Waals surface area contributed by atoms with Gasteiger partial charge in [0.15, 0.2) is 0 Å². The Morgan fingerprint density at radius 2 is 2.19 bits per heavy atom. The van der Waals surface area contributed by atoms with Gasteiger partial charge in [0.05, 0.1) is 6.61 Å². The molecule has 114 valence electrons. The Bertz CT molecular complexity index is 570. The number of fused-ring (bicyclic) bond motifs is 1. The fourth-order valence-electron chi connectivity index (χ4n) is 3.03. The molecule has 1 aliphatic heterocycles. The minimum absolute atomic E-state index is 0.478. The van der Waals surface area contributed by atoms with Crippen molar-refractivity contribution in [3.05, 3.63) is 35.6 Å². The highest BCUT2D eigenvalue weighted by Gasteiger charge is 2.17. The molecule has 3 heteroatoms. The van der Waals surface area contributed by atoms with E-state index in [1.54, 1.807) is 0 Å². The van der Waals surface area contributed by atoms with Crippen LogP contribution >= 0.6 is 0 Å². The number of rotatable bonds is 6. The number of para-hydroxylation sites is 1. The molecule has 0 aliphatic carbocycles. The lowest BCUT2D eigenvalue weighted by molar-refractivity contribution is 0.0699. The van der Waals surface area contributed by atoms with E-state index in [9.17, 15) is 0 Å². The number of hydrogen-bond acceptors (Lipinski definition) is 3. The summed E-state index contributed by atoms with van der Waals surface area (Å²) in [6, 6.07) is 8.85. The highest BCUT2D eigenvalue weighted by molar-refractivity contribution is 5.82. The second-order valence-electron chi connectivity index (χ2n) is 5.90. The van der Waals surface area contributed by atoms with Crippen molar-refractivity contribution in [2.45, 2.75) is 51.6 Å². The number of furan rings is 1. The van der Waals surface area contributed by atoms with Crippen LogP contribution < -0.4 is 5.32 Å². The minimum atomic E-state index is 0.478. The van der Waals surface area contributed by atoms with Gasteiger partial charge in [0.2, 0.25) is 0 Å². The van der Waals surface area contributed by atoms with Gasteiger partial charge in [-0.05, 0) is 25.3 Å². The summed E-state index contributed by atoms with van der Waals surface area (Å²) in [4.78, 5) is 0. The maximum absolute atomic E-state index is 6.07. The van der Waals surface area contributed by atoms with Crippen LogP contribution in [0.15, 0.2) is 28.7 Å². The van der Waals surface area contributed by atoms with Gasteiger partial charge in [0.1, 0.15) is 11.3 Å². The summed E-state index contributed by atoms with van der Waals surface area (Å²) in [5, 5.41) is 4.91. The first kappa shape index (κ1) is 14.6. The number of benzene rings is 1. The zero-order valence-electron chi connectivity index (χ0n) is 12.9. The maximum Gasteiger partial charge on any atom is 0.134 e. The van der Waals surface area contributed by atoms with Gasteiger partial charge in [0, 0.05) is 36.6 Å². The fourth-order valence-corrected chi connectivity index (χ4v) is 3.03. The lowest BCUT2D eigenvalue weighted by Crippen LogP contribution is -2.36. The number of ether oxygens (including phenoxy) is 1. The van der Waals surface area contributed by atoms with Crippen LogP contribution in [0.2, 0.25) is 0 Å². The molecule has 1 unspecified atom stereocenters. The van der Waals surface area contributed by atoms with E-state index in [0.717, 1.165) is 43.9 Å². The predicted octanol–water partition coefficient (Wildman–Crippen LogP) is 4.04. The number of nitrogens with one attached hydrogen (secondary N) is 1. The standard InChI is InChI=1S/C18H25NO2/c1-2-3-9-18-16(12-19-14-7-6-11-20-13-14)15-8-4-5-10-17(15)21-18/h4-5,8,10,14,19H,2-3,6-7,9,11-13H2,1H3. The molecular formula is C18H25NO2. The van der Waals surface area contributed by atoms with E-state index >= 15 is 0 Å². The van der Waals surface area contributed by atoms with Crippen molar-refractivity contribution < 1.29 is 9.15 Å². The summed E-state index contributed by atoms with van der Waals surface area (Å²) in [6.45, 7) is 4.85. The van der Waals surface area contributed by atoms with Crippen LogP contribution in [0.1, 0.15) is 43.9 Å². The third kappa shape index (κ3) is 3.47. The summed E-state index contributed by atoms with van der Waals surface area (Å²) >= 11 is 0. The summed E-state index contributed by atoms with van der Waals surface area (Å²) in [5.41, 5.74) is 2.35. The SMILES string of the molecule is CCCCc1oc2ccccc2c1CNC1CCCOC1. The smallest absolute Gasteiger partial charge is 0.134 e. The first-order valence-electron chi connectivity index (χ1n) is 8.19. The lowest BCUT2D eigenvalue weighted by Gasteiger charge is -2.23. The molecule has 0 radical (unpaired) electrons. The molecule has 1 aromatic carbocycles. The van der Waals surface area contributed by atoms with Crippen LogP contribution in [0, 0.1) is 0 Å². The summed E-state index contributed by atoms with van der Waals surface area (Å²) in [7, 11) is 0. The maximum atomic E-state index is 6.07. The van der Waals surface area contributed by atoms with E-state index in [1.165, 1.54) is 30.2 Å². The highest BCUT2D eigenvalue weighted by atomic mass is 16.5. The zero-order valence-corrected chi connectivity index (χ0v) is 12.9. The van der Waals surface area contributed by atoms with Gasteiger partial charge in [-0.1, -0.05) is 31.5 Å². The Labute approximate surface area is 126 Å². The van der Waals surface area contributed by atoms with E-state index in [-0.39, 0.29) is 0 Å². The molecule has 1 fully saturated rings. The molecule has 1 atom stereocenters. The molecule has 1 aromatic heterocycles. The number of hydrogen-bond donors (Lipinski definition) is 1. The van der Waals surface area contributed by atoms with Crippen molar-refractivity contribution >= 4 is 11.0 Å². The van der Waals surface area contributed by atoms with Crippen LogP contribution in [0.3, 0.4) is 0 Å². The first-order valence-corrected chi connectivity index (χ1v) is 8.19. The molecule has 2 heterocycles. The first-order chi connectivity index (χ1) is 10.4. The predicted molar refractivity (Wildman–Crippen MR) is 85.5 cm³/mol. The van der Waals surface area contributed by atoms with Gasteiger partial charge in [-0.3, -0.25) is 0 Å². The molecule has 0 saturated carbocycles. The quantitative estimate of drug-likeness (QED) is 0.870. The van der Waals surface area contributed by atoms with Gasteiger partial charge >= 0.3 is 0 Å². The third-order valence-electron chi connectivity index (χ3n) is 4.27. The van der Waals surface area contributed by atoms with Gasteiger partial charge < -0.3 is 14.5 Å². The van der Waals surface area contributed by atoms with Gasteiger partial charge in [-0.15, -0.1) is 0 Å². The van der Waals surface area contributed by atoms with E-state index in [4.69, 9.17) is 9.15 Å². The molecule has 1 aliphatic rings. The normalized spacial score (nSPS) is 19.2. The minimum Gasteiger partial charge on any atom is -0.461 e. The molecule has 3 rings (SSSR count). The van der Waals surface area contributed by atoms with Crippen molar-refractivity contribution in [2.75, 3.05) is 13.2 Å². The van der Waals surface area contributed by atoms with Crippen molar-refractivity contribution in [2.24, 2.45) is 0 Å². The summed E-state index contributed by atoms with van der Waals surface area (Å²) < 4.78 is 11.6. The Balaban J connectivity index is 1.77. The highest BCUT2D eigenvalue weighted by Crippen LogP contribution is 2.27. The topological polar surface area (TPSA) is 34.4 Å². The van der Waals surface area contributed by atoms with Crippen LogP contribution in [0.4, 0.5) is 0 Å². The van der Waals surface area contributed by atoms with Gasteiger partial charge in [0.25, 0.3) is 0 Å². The number of unbranched alkanes of at least 4 members (excludes halogenated alkanes) is 1. The lowest BCUT2D eigenvalue weighted by atomic mass is 10.1. The number of aryl methyl sites for hydroxylation is 1. The Morgan fingerprint density at radius 3 is 3.00 bits per heavy atom. The van der Waals surface area contributed by atoms with Crippen molar-refractivity contribution in [3.63, 3.8) is 0 Å². The van der Waals surface area contributed by atoms with E-state index in [1.807, 2.05) is 6.07 Å². The van der Waals surface area contributed by atoms with Crippen LogP contribution in [0.25, 0.3) is 11.0 Å². The van der Waals surface area contributed by atoms with E-state index in [0.29, 0.717) is 6.04 Å². The van der Waals surface area contributed by atoms with Crippen molar-refractivity contribution in [1.29, 1.82) is 0 Å². The molecule has 2 aromatic rings. The zero-order chi connectivity index (χ0) is 14.5. The van der Waals surface area contributed by atoms with E-state index < -0.39 is 0 Å². The van der Waals surface area contributed by atoms with Crippen molar-refractivity contribution in [3.8, 4) is 0 Å². The Morgan fingerprint density at radius 1 is 1.29 bits per heavy atom. The molecule has 21 heavy (non-hydrogen) atoms. The molecule has 0 spiro atoms. The Kier molecular flexibility index (Phi) is 4.94. The molecular weight excluding hydrogens is 262 g/mol. The molecule has 1 saturated heterocycles. The monoisotopic (exact) mass is 287 g/mol. The summed E-state index contributed by atoms with van der Waals surface area (Å²) in [6.07, 6.45) is 5.77.